The SMILES string of the molecule is CCN(CC)C(=O)c1cc(NCCc2ccc(Cl)cc2)ccn1. The summed E-state index contributed by atoms with van der Waals surface area (Å²) < 4.78 is 0. The highest BCUT2D eigenvalue weighted by molar-refractivity contribution is 6.30. The van der Waals surface area contributed by atoms with Crippen LogP contribution in [0.2, 0.25) is 5.02 Å². The van der Waals surface area contributed by atoms with Crippen LogP contribution in [0.3, 0.4) is 0 Å². The van der Waals surface area contributed by atoms with Crippen molar-refractivity contribution in [3.05, 3.63) is 58.9 Å². The lowest BCUT2D eigenvalue weighted by Gasteiger charge is -2.18. The summed E-state index contributed by atoms with van der Waals surface area (Å²) in [5.74, 6) is -0.0312. The monoisotopic (exact) mass is 331 g/mol. The van der Waals surface area contributed by atoms with E-state index < -0.39 is 0 Å². The van der Waals surface area contributed by atoms with E-state index >= 15 is 0 Å². The van der Waals surface area contributed by atoms with Crippen LogP contribution in [-0.4, -0.2) is 35.4 Å². The van der Waals surface area contributed by atoms with Gasteiger partial charge >= 0.3 is 0 Å². The minimum absolute atomic E-state index is 0.0312. The maximum Gasteiger partial charge on any atom is 0.272 e. The fourth-order valence-corrected chi connectivity index (χ4v) is 2.46. The van der Waals surface area contributed by atoms with Crippen LogP contribution in [0.15, 0.2) is 42.6 Å². The Balaban J connectivity index is 1.94. The number of hydrogen-bond donors (Lipinski definition) is 1. The molecule has 5 heteroatoms. The average Bonchev–Trinajstić information content (AvgIpc) is 2.58. The lowest BCUT2D eigenvalue weighted by atomic mass is 10.1. The molecule has 1 amide bonds. The van der Waals surface area contributed by atoms with E-state index in [0.29, 0.717) is 18.8 Å². The molecule has 1 heterocycles. The molecule has 0 unspecified atom stereocenters. The molecule has 0 saturated heterocycles. The number of benzene rings is 1. The van der Waals surface area contributed by atoms with Crippen LogP contribution in [-0.2, 0) is 6.42 Å². The quantitative estimate of drug-likeness (QED) is 0.837. The van der Waals surface area contributed by atoms with Crippen LogP contribution in [0.5, 0.6) is 0 Å². The predicted molar refractivity (Wildman–Crippen MR) is 95.1 cm³/mol. The molecule has 0 aliphatic carbocycles. The van der Waals surface area contributed by atoms with Gasteiger partial charge in [-0.2, -0.15) is 0 Å². The molecular formula is C18H22ClN3O. The molecule has 122 valence electrons. The highest BCUT2D eigenvalue weighted by Gasteiger charge is 2.13. The van der Waals surface area contributed by atoms with Gasteiger partial charge in [-0.15, -0.1) is 0 Å². The number of nitrogens with zero attached hydrogens (tertiary/aromatic N) is 2. The van der Waals surface area contributed by atoms with E-state index in [9.17, 15) is 4.79 Å². The van der Waals surface area contributed by atoms with Crippen LogP contribution >= 0.6 is 11.6 Å². The van der Waals surface area contributed by atoms with Crippen molar-refractivity contribution in [3.8, 4) is 0 Å². The maximum atomic E-state index is 12.3. The van der Waals surface area contributed by atoms with Gasteiger partial charge in [0.1, 0.15) is 5.69 Å². The largest absolute Gasteiger partial charge is 0.385 e. The third-order valence-electron chi connectivity index (χ3n) is 3.69. The predicted octanol–water partition coefficient (Wildman–Crippen LogP) is 3.87. The number of anilines is 1. The number of pyridine rings is 1. The summed E-state index contributed by atoms with van der Waals surface area (Å²) in [4.78, 5) is 18.3. The van der Waals surface area contributed by atoms with E-state index in [0.717, 1.165) is 23.7 Å². The highest BCUT2D eigenvalue weighted by Crippen LogP contribution is 2.12. The molecule has 0 aliphatic heterocycles. The van der Waals surface area contributed by atoms with Crippen LogP contribution in [0.25, 0.3) is 0 Å². The highest BCUT2D eigenvalue weighted by atomic mass is 35.5. The topological polar surface area (TPSA) is 45.2 Å². The lowest BCUT2D eigenvalue weighted by molar-refractivity contribution is 0.0767. The van der Waals surface area contributed by atoms with E-state index in [1.165, 1.54) is 5.56 Å². The zero-order valence-corrected chi connectivity index (χ0v) is 14.3. The lowest BCUT2D eigenvalue weighted by Crippen LogP contribution is -2.31. The molecule has 1 aromatic carbocycles. The number of carbonyl (C=O) groups excluding carboxylic acids is 1. The molecule has 1 N–H and O–H groups in total. The minimum atomic E-state index is -0.0312. The van der Waals surface area contributed by atoms with Gasteiger partial charge in [-0.3, -0.25) is 9.78 Å². The summed E-state index contributed by atoms with van der Waals surface area (Å²) in [6.07, 6.45) is 2.56. The number of nitrogens with one attached hydrogen (secondary N) is 1. The first-order valence-electron chi connectivity index (χ1n) is 7.87. The van der Waals surface area contributed by atoms with Gasteiger partial charge in [0, 0.05) is 36.5 Å². The van der Waals surface area contributed by atoms with Gasteiger partial charge in [0.2, 0.25) is 0 Å². The molecule has 4 nitrogen and oxygen atoms in total. The molecule has 1 aromatic heterocycles. The van der Waals surface area contributed by atoms with Gasteiger partial charge in [-0.05, 0) is 50.1 Å². The van der Waals surface area contributed by atoms with Gasteiger partial charge in [0.25, 0.3) is 5.91 Å². The first-order chi connectivity index (χ1) is 11.1. The number of rotatable bonds is 7. The standard InChI is InChI=1S/C18H22ClN3O/c1-3-22(4-2)18(23)17-13-16(10-12-21-17)20-11-9-14-5-7-15(19)8-6-14/h5-8,10,12-13H,3-4,9,11H2,1-2H3,(H,20,21). The van der Waals surface area contributed by atoms with Gasteiger partial charge in [-0.1, -0.05) is 23.7 Å². The third-order valence-corrected chi connectivity index (χ3v) is 3.94. The van der Waals surface area contributed by atoms with Gasteiger partial charge in [0.05, 0.1) is 0 Å². The molecule has 0 saturated carbocycles. The number of hydrogen-bond acceptors (Lipinski definition) is 3. The van der Waals surface area contributed by atoms with E-state index in [1.807, 2.05) is 50.2 Å². The molecule has 2 aromatic rings. The van der Waals surface area contributed by atoms with E-state index in [1.54, 1.807) is 11.1 Å². The summed E-state index contributed by atoms with van der Waals surface area (Å²) in [6.45, 7) is 6.09. The molecule has 0 atom stereocenters. The van der Waals surface area contributed by atoms with Gasteiger partial charge in [0.15, 0.2) is 0 Å². The van der Waals surface area contributed by atoms with E-state index in [2.05, 4.69) is 10.3 Å². The van der Waals surface area contributed by atoms with Crippen LogP contribution < -0.4 is 5.32 Å². The first-order valence-corrected chi connectivity index (χ1v) is 8.25. The Labute approximate surface area is 142 Å². The second kappa shape index (κ2) is 8.53. The normalized spacial score (nSPS) is 10.4. The summed E-state index contributed by atoms with van der Waals surface area (Å²) in [7, 11) is 0. The molecule has 0 fully saturated rings. The van der Waals surface area contributed by atoms with Crippen molar-refractivity contribution in [1.29, 1.82) is 0 Å². The summed E-state index contributed by atoms with van der Waals surface area (Å²) >= 11 is 5.88. The summed E-state index contributed by atoms with van der Waals surface area (Å²) in [5.41, 5.74) is 2.60. The van der Waals surface area contributed by atoms with Gasteiger partial charge < -0.3 is 10.2 Å². The van der Waals surface area contributed by atoms with Crippen molar-refractivity contribution in [2.24, 2.45) is 0 Å². The maximum absolute atomic E-state index is 12.3. The molecule has 2 rings (SSSR count). The summed E-state index contributed by atoms with van der Waals surface area (Å²) in [6, 6.07) is 11.5. The minimum Gasteiger partial charge on any atom is -0.385 e. The molecule has 0 aliphatic rings. The molecule has 23 heavy (non-hydrogen) atoms. The zero-order valence-electron chi connectivity index (χ0n) is 13.6. The Kier molecular flexibility index (Phi) is 6.41. The Morgan fingerprint density at radius 3 is 2.52 bits per heavy atom. The smallest absolute Gasteiger partial charge is 0.272 e. The van der Waals surface area contributed by atoms with Crippen molar-refractivity contribution in [3.63, 3.8) is 0 Å². The number of carbonyl (C=O) groups is 1. The van der Waals surface area contributed by atoms with Gasteiger partial charge in [-0.25, -0.2) is 0 Å². The van der Waals surface area contributed by atoms with Crippen LogP contribution in [0, 0.1) is 0 Å². The summed E-state index contributed by atoms with van der Waals surface area (Å²) in [5, 5.41) is 4.08. The molecule has 0 radical (unpaired) electrons. The number of aromatic nitrogens is 1. The Morgan fingerprint density at radius 2 is 1.87 bits per heavy atom. The third kappa shape index (κ3) is 4.96. The van der Waals surface area contributed by atoms with Crippen molar-refractivity contribution in [2.75, 3.05) is 25.0 Å². The van der Waals surface area contributed by atoms with Crippen molar-refractivity contribution < 1.29 is 4.79 Å². The Hall–Kier alpha value is -2.07. The average molecular weight is 332 g/mol. The first kappa shape index (κ1) is 17.3. The fourth-order valence-electron chi connectivity index (χ4n) is 2.33. The Bertz CT molecular complexity index is 639. The van der Waals surface area contributed by atoms with Crippen LogP contribution in [0.4, 0.5) is 5.69 Å². The van der Waals surface area contributed by atoms with E-state index in [4.69, 9.17) is 11.6 Å². The Morgan fingerprint density at radius 1 is 1.17 bits per heavy atom. The van der Waals surface area contributed by atoms with Crippen molar-refractivity contribution in [2.45, 2.75) is 20.3 Å². The second-order valence-electron chi connectivity index (χ2n) is 5.21. The zero-order chi connectivity index (χ0) is 16.7. The number of halogens is 1. The fraction of sp³-hybridized carbons (Fsp3) is 0.333. The molecule has 0 bridgehead atoms. The second-order valence-corrected chi connectivity index (χ2v) is 5.65. The number of amides is 1. The van der Waals surface area contributed by atoms with Crippen molar-refractivity contribution >= 4 is 23.2 Å². The van der Waals surface area contributed by atoms with Crippen LogP contribution in [0.1, 0.15) is 29.9 Å². The molecular weight excluding hydrogens is 310 g/mol. The molecule has 0 spiro atoms. The van der Waals surface area contributed by atoms with Crippen molar-refractivity contribution in [1.82, 2.24) is 9.88 Å². The van der Waals surface area contributed by atoms with E-state index in [-0.39, 0.29) is 5.91 Å².